The van der Waals surface area contributed by atoms with Crippen molar-refractivity contribution in [2.24, 2.45) is 11.8 Å². The molecular weight excluding hydrogens is 356 g/mol. The first-order valence-electron chi connectivity index (χ1n) is 9.66. The highest BCUT2D eigenvalue weighted by Gasteiger charge is 2.11. The SMILES string of the molecule is CC(C)COc1ccccc1COC(=O)OCc1ccccc1OCC(C)C. The van der Waals surface area contributed by atoms with Gasteiger partial charge in [0.05, 0.1) is 13.2 Å². The zero-order chi connectivity index (χ0) is 20.4. The predicted molar refractivity (Wildman–Crippen MR) is 109 cm³/mol. The lowest BCUT2D eigenvalue weighted by Crippen LogP contribution is -2.11. The minimum Gasteiger partial charge on any atom is -0.493 e. The normalized spacial score (nSPS) is 10.8. The van der Waals surface area contributed by atoms with E-state index in [1.54, 1.807) is 0 Å². The lowest BCUT2D eigenvalue weighted by atomic mass is 10.2. The molecule has 0 N–H and O–H groups in total. The molecule has 0 saturated heterocycles. The Hall–Kier alpha value is -2.69. The van der Waals surface area contributed by atoms with Crippen molar-refractivity contribution < 1.29 is 23.7 Å². The van der Waals surface area contributed by atoms with Gasteiger partial charge in [0.1, 0.15) is 24.7 Å². The monoisotopic (exact) mass is 386 g/mol. The van der Waals surface area contributed by atoms with Gasteiger partial charge in [-0.1, -0.05) is 64.1 Å². The summed E-state index contributed by atoms with van der Waals surface area (Å²) >= 11 is 0. The maximum Gasteiger partial charge on any atom is 0.508 e. The number of benzene rings is 2. The van der Waals surface area contributed by atoms with E-state index in [4.69, 9.17) is 18.9 Å². The molecule has 2 aromatic carbocycles. The van der Waals surface area contributed by atoms with E-state index in [9.17, 15) is 4.79 Å². The average Bonchev–Trinajstić information content (AvgIpc) is 2.68. The average molecular weight is 386 g/mol. The van der Waals surface area contributed by atoms with Crippen molar-refractivity contribution in [3.63, 3.8) is 0 Å². The molecule has 0 atom stereocenters. The van der Waals surface area contributed by atoms with Crippen LogP contribution in [0.3, 0.4) is 0 Å². The summed E-state index contributed by atoms with van der Waals surface area (Å²) in [6.45, 7) is 9.73. The molecule has 0 aliphatic rings. The number of rotatable bonds is 10. The van der Waals surface area contributed by atoms with Gasteiger partial charge in [-0.15, -0.1) is 0 Å². The Morgan fingerprint density at radius 3 is 1.50 bits per heavy atom. The molecule has 0 heterocycles. The van der Waals surface area contributed by atoms with Crippen LogP contribution in [0.4, 0.5) is 4.79 Å². The number of hydrogen-bond acceptors (Lipinski definition) is 5. The molecule has 0 aromatic heterocycles. The fourth-order valence-corrected chi connectivity index (χ4v) is 2.36. The van der Waals surface area contributed by atoms with E-state index < -0.39 is 6.16 Å². The van der Waals surface area contributed by atoms with Gasteiger partial charge in [0.15, 0.2) is 0 Å². The molecular formula is C23H30O5. The fourth-order valence-electron chi connectivity index (χ4n) is 2.36. The largest absolute Gasteiger partial charge is 0.508 e. The van der Waals surface area contributed by atoms with Crippen LogP contribution in [-0.4, -0.2) is 19.4 Å². The van der Waals surface area contributed by atoms with Gasteiger partial charge in [0, 0.05) is 11.1 Å². The van der Waals surface area contributed by atoms with Gasteiger partial charge in [-0.05, 0) is 24.0 Å². The van der Waals surface area contributed by atoms with Crippen LogP contribution in [-0.2, 0) is 22.7 Å². The molecule has 0 aliphatic carbocycles. The molecule has 0 saturated carbocycles. The minimum atomic E-state index is -0.725. The first kappa shape index (κ1) is 21.6. The van der Waals surface area contributed by atoms with E-state index in [1.807, 2.05) is 48.5 Å². The van der Waals surface area contributed by atoms with Crippen molar-refractivity contribution in [1.29, 1.82) is 0 Å². The van der Waals surface area contributed by atoms with Crippen LogP contribution >= 0.6 is 0 Å². The van der Waals surface area contributed by atoms with Crippen molar-refractivity contribution in [3.8, 4) is 11.5 Å². The summed E-state index contributed by atoms with van der Waals surface area (Å²) in [5, 5.41) is 0. The summed E-state index contributed by atoms with van der Waals surface area (Å²) in [5.41, 5.74) is 1.61. The second-order valence-corrected chi connectivity index (χ2v) is 7.45. The molecule has 2 aromatic rings. The van der Waals surface area contributed by atoms with Gasteiger partial charge >= 0.3 is 6.16 Å². The molecule has 5 nitrogen and oxygen atoms in total. The molecule has 0 amide bonds. The summed E-state index contributed by atoms with van der Waals surface area (Å²) in [5.74, 6) is 2.27. The van der Waals surface area contributed by atoms with Gasteiger partial charge < -0.3 is 18.9 Å². The van der Waals surface area contributed by atoms with Crippen LogP contribution in [0.1, 0.15) is 38.8 Å². The van der Waals surface area contributed by atoms with E-state index >= 15 is 0 Å². The molecule has 152 valence electrons. The summed E-state index contributed by atoms with van der Waals surface area (Å²) in [6.07, 6.45) is -0.725. The van der Waals surface area contributed by atoms with Crippen molar-refractivity contribution in [3.05, 3.63) is 59.7 Å². The minimum absolute atomic E-state index is 0.0958. The molecule has 0 radical (unpaired) electrons. The molecule has 0 spiro atoms. The smallest absolute Gasteiger partial charge is 0.493 e. The highest BCUT2D eigenvalue weighted by molar-refractivity contribution is 5.60. The third-order valence-electron chi connectivity index (χ3n) is 3.78. The van der Waals surface area contributed by atoms with Crippen molar-refractivity contribution in [1.82, 2.24) is 0 Å². The van der Waals surface area contributed by atoms with E-state index in [-0.39, 0.29) is 13.2 Å². The number of hydrogen-bond donors (Lipinski definition) is 0. The van der Waals surface area contributed by atoms with Crippen LogP contribution in [0.25, 0.3) is 0 Å². The third-order valence-corrected chi connectivity index (χ3v) is 3.78. The topological polar surface area (TPSA) is 54.0 Å². The molecule has 5 heteroatoms. The number of carbonyl (C=O) groups is 1. The van der Waals surface area contributed by atoms with Gasteiger partial charge in [-0.25, -0.2) is 4.79 Å². The number of para-hydroxylation sites is 2. The van der Waals surface area contributed by atoms with E-state index in [1.165, 1.54) is 0 Å². The van der Waals surface area contributed by atoms with Crippen molar-refractivity contribution in [2.75, 3.05) is 13.2 Å². The van der Waals surface area contributed by atoms with Crippen LogP contribution in [0.15, 0.2) is 48.5 Å². The third kappa shape index (κ3) is 7.51. The highest BCUT2D eigenvalue weighted by atomic mass is 16.7. The molecule has 0 aliphatic heterocycles. The highest BCUT2D eigenvalue weighted by Crippen LogP contribution is 2.21. The van der Waals surface area contributed by atoms with Crippen LogP contribution < -0.4 is 9.47 Å². The Morgan fingerprint density at radius 2 is 1.11 bits per heavy atom. The van der Waals surface area contributed by atoms with Crippen LogP contribution in [0.5, 0.6) is 11.5 Å². The number of carbonyl (C=O) groups excluding carboxylic acids is 1. The molecule has 0 fully saturated rings. The molecule has 0 bridgehead atoms. The molecule has 2 rings (SSSR count). The Bertz CT molecular complexity index is 678. The van der Waals surface area contributed by atoms with Gasteiger partial charge in [0.2, 0.25) is 0 Å². The second-order valence-electron chi connectivity index (χ2n) is 7.45. The maximum atomic E-state index is 12.0. The lowest BCUT2D eigenvalue weighted by molar-refractivity contribution is 0.0434. The first-order valence-corrected chi connectivity index (χ1v) is 9.66. The fraction of sp³-hybridized carbons (Fsp3) is 0.435. The van der Waals surface area contributed by atoms with Crippen molar-refractivity contribution in [2.45, 2.75) is 40.9 Å². The van der Waals surface area contributed by atoms with E-state index in [2.05, 4.69) is 27.7 Å². The molecule has 28 heavy (non-hydrogen) atoms. The Balaban J connectivity index is 1.86. The zero-order valence-corrected chi connectivity index (χ0v) is 17.1. The summed E-state index contributed by atoms with van der Waals surface area (Å²) in [6, 6.07) is 15.0. The predicted octanol–water partition coefficient (Wildman–Crippen LogP) is 5.61. The summed E-state index contributed by atoms with van der Waals surface area (Å²) < 4.78 is 22.1. The van der Waals surface area contributed by atoms with E-state index in [0.29, 0.717) is 25.0 Å². The Labute approximate surface area is 167 Å². The van der Waals surface area contributed by atoms with E-state index in [0.717, 1.165) is 22.6 Å². The Kier molecular flexibility index (Phi) is 8.66. The van der Waals surface area contributed by atoms with Gasteiger partial charge in [0.25, 0.3) is 0 Å². The quantitative estimate of drug-likeness (QED) is 0.497. The first-order chi connectivity index (χ1) is 13.5. The second kappa shape index (κ2) is 11.2. The lowest BCUT2D eigenvalue weighted by Gasteiger charge is -2.14. The summed E-state index contributed by atoms with van der Waals surface area (Å²) in [4.78, 5) is 12.0. The Morgan fingerprint density at radius 1 is 0.714 bits per heavy atom. The standard InChI is InChI=1S/C23H30O5/c1-17(2)13-25-21-11-7-5-9-19(21)15-27-23(24)28-16-20-10-6-8-12-22(20)26-14-18(3)4/h5-12,17-18H,13-16H2,1-4H3. The zero-order valence-electron chi connectivity index (χ0n) is 17.1. The van der Waals surface area contributed by atoms with Crippen LogP contribution in [0.2, 0.25) is 0 Å². The summed E-state index contributed by atoms with van der Waals surface area (Å²) in [7, 11) is 0. The van der Waals surface area contributed by atoms with Crippen LogP contribution in [0, 0.1) is 11.8 Å². The maximum absolute atomic E-state index is 12.0. The van der Waals surface area contributed by atoms with Gasteiger partial charge in [-0.2, -0.15) is 0 Å². The van der Waals surface area contributed by atoms with Gasteiger partial charge in [-0.3, -0.25) is 0 Å². The van der Waals surface area contributed by atoms with Crippen molar-refractivity contribution >= 4 is 6.16 Å². The molecule has 0 unspecified atom stereocenters. The number of ether oxygens (including phenoxy) is 4.